The minimum Gasteiger partial charge on any atom is -0.388 e. The highest BCUT2D eigenvalue weighted by atomic mass is 32.2. The van der Waals surface area contributed by atoms with Crippen molar-refractivity contribution in [2.45, 2.75) is 35.9 Å². The molecular weight excluding hydrogens is 367 g/mol. The largest absolute Gasteiger partial charge is 0.416 e. The predicted molar refractivity (Wildman–Crippen MR) is 90.0 cm³/mol. The van der Waals surface area contributed by atoms with Crippen molar-refractivity contribution in [3.8, 4) is 0 Å². The van der Waals surface area contributed by atoms with Crippen LogP contribution in [0.4, 0.5) is 13.2 Å². The minimum atomic E-state index is -4.63. The first-order chi connectivity index (χ1) is 12.1. The van der Waals surface area contributed by atoms with Crippen molar-refractivity contribution in [1.29, 1.82) is 0 Å². The second kappa shape index (κ2) is 6.68. The average Bonchev–Trinajstić information content (AvgIpc) is 2.60. The Morgan fingerprint density at radius 2 is 1.77 bits per heavy atom. The Hall–Kier alpha value is -1.90. The molecule has 0 bridgehead atoms. The van der Waals surface area contributed by atoms with Gasteiger partial charge in [-0.2, -0.15) is 13.2 Å². The van der Waals surface area contributed by atoms with E-state index in [0.29, 0.717) is 18.9 Å². The maximum atomic E-state index is 12.8. The lowest BCUT2D eigenvalue weighted by molar-refractivity contribution is -0.137. The molecule has 140 valence electrons. The van der Waals surface area contributed by atoms with Crippen LogP contribution >= 0.6 is 0 Å². The van der Waals surface area contributed by atoms with Crippen LogP contribution in [0, 0.1) is 0 Å². The summed E-state index contributed by atoms with van der Waals surface area (Å²) in [7, 11) is -4.17. The van der Waals surface area contributed by atoms with Crippen molar-refractivity contribution < 1.29 is 26.7 Å². The number of hydrogen-bond acceptors (Lipinski definition) is 3. The molecular formula is C18H18F3NO3S. The Bertz CT molecular complexity index is 912. The van der Waals surface area contributed by atoms with E-state index in [0.717, 1.165) is 29.3 Å². The van der Waals surface area contributed by atoms with E-state index in [9.17, 15) is 26.7 Å². The molecule has 0 saturated carbocycles. The molecule has 2 aromatic rings. The first kappa shape index (κ1) is 18.9. The molecule has 0 heterocycles. The van der Waals surface area contributed by atoms with Crippen molar-refractivity contribution in [1.82, 2.24) is 4.72 Å². The van der Waals surface area contributed by atoms with Crippen molar-refractivity contribution >= 4 is 10.0 Å². The third kappa shape index (κ3) is 4.08. The normalized spacial score (nSPS) is 20.6. The zero-order chi connectivity index (χ0) is 19.0. The van der Waals surface area contributed by atoms with Gasteiger partial charge in [0, 0.05) is 13.0 Å². The highest BCUT2D eigenvalue weighted by molar-refractivity contribution is 7.89. The zero-order valence-electron chi connectivity index (χ0n) is 13.8. The Morgan fingerprint density at radius 1 is 1.08 bits per heavy atom. The molecule has 2 aromatic carbocycles. The van der Waals surface area contributed by atoms with Crippen LogP contribution in [0.2, 0.25) is 0 Å². The quantitative estimate of drug-likeness (QED) is 0.851. The number of nitrogens with one attached hydrogen (secondary N) is 1. The molecule has 0 saturated heterocycles. The molecule has 26 heavy (non-hydrogen) atoms. The molecule has 2 N–H and O–H groups in total. The van der Waals surface area contributed by atoms with Crippen LogP contribution in [0.1, 0.15) is 23.1 Å². The van der Waals surface area contributed by atoms with E-state index < -0.39 is 32.3 Å². The van der Waals surface area contributed by atoms with Gasteiger partial charge in [0.1, 0.15) is 0 Å². The highest BCUT2D eigenvalue weighted by Gasteiger charge is 2.34. The maximum absolute atomic E-state index is 12.8. The van der Waals surface area contributed by atoms with Crippen molar-refractivity contribution in [2.24, 2.45) is 0 Å². The molecule has 0 amide bonds. The van der Waals surface area contributed by atoms with Gasteiger partial charge < -0.3 is 5.11 Å². The third-order valence-corrected chi connectivity index (χ3v) is 5.96. The fraction of sp³-hybridized carbons (Fsp3) is 0.333. The van der Waals surface area contributed by atoms with Crippen LogP contribution in [0.3, 0.4) is 0 Å². The van der Waals surface area contributed by atoms with Gasteiger partial charge in [0.25, 0.3) is 0 Å². The number of benzene rings is 2. The average molecular weight is 385 g/mol. The van der Waals surface area contributed by atoms with E-state index >= 15 is 0 Å². The number of alkyl halides is 3. The highest BCUT2D eigenvalue weighted by Crippen LogP contribution is 2.31. The molecule has 0 spiro atoms. The first-order valence-corrected chi connectivity index (χ1v) is 9.54. The summed E-state index contributed by atoms with van der Waals surface area (Å²) in [4.78, 5) is -0.480. The summed E-state index contributed by atoms with van der Waals surface area (Å²) in [6.07, 6.45) is -3.36. The molecule has 0 aliphatic heterocycles. The van der Waals surface area contributed by atoms with Crippen LogP contribution in [0.5, 0.6) is 0 Å². The molecule has 0 fully saturated rings. The van der Waals surface area contributed by atoms with Gasteiger partial charge in [-0.15, -0.1) is 0 Å². The zero-order valence-corrected chi connectivity index (χ0v) is 14.6. The number of aryl methyl sites for hydroxylation is 1. The fourth-order valence-corrected chi connectivity index (χ4v) is 4.25. The number of halogens is 3. The van der Waals surface area contributed by atoms with Gasteiger partial charge in [-0.25, -0.2) is 13.1 Å². The van der Waals surface area contributed by atoms with Crippen LogP contribution in [0.15, 0.2) is 53.4 Å². The van der Waals surface area contributed by atoms with Gasteiger partial charge in [-0.05, 0) is 42.2 Å². The van der Waals surface area contributed by atoms with Crippen LogP contribution in [-0.4, -0.2) is 25.7 Å². The lowest BCUT2D eigenvalue weighted by Gasteiger charge is -2.33. The molecule has 1 aliphatic carbocycles. The van der Waals surface area contributed by atoms with E-state index in [-0.39, 0.29) is 13.0 Å². The van der Waals surface area contributed by atoms with Gasteiger partial charge in [-0.1, -0.05) is 30.3 Å². The Morgan fingerprint density at radius 3 is 2.46 bits per heavy atom. The number of aliphatic hydroxyl groups is 1. The molecule has 0 unspecified atom stereocenters. The van der Waals surface area contributed by atoms with Gasteiger partial charge in [0.05, 0.1) is 16.1 Å². The summed E-state index contributed by atoms with van der Waals surface area (Å²) in [6, 6.07) is 11.1. The summed E-state index contributed by atoms with van der Waals surface area (Å²) in [5.41, 5.74) is -0.258. The monoisotopic (exact) mass is 385 g/mol. The maximum Gasteiger partial charge on any atom is 0.416 e. The summed E-state index contributed by atoms with van der Waals surface area (Å²) in [5.74, 6) is 0. The Balaban J connectivity index is 1.75. The summed E-state index contributed by atoms with van der Waals surface area (Å²) >= 11 is 0. The summed E-state index contributed by atoms with van der Waals surface area (Å²) < 4.78 is 65.3. The van der Waals surface area contributed by atoms with E-state index in [2.05, 4.69) is 4.72 Å². The molecule has 1 atom stereocenters. The van der Waals surface area contributed by atoms with E-state index in [1.165, 1.54) is 0 Å². The molecule has 3 rings (SSSR count). The Labute approximate surface area is 149 Å². The van der Waals surface area contributed by atoms with Crippen LogP contribution < -0.4 is 4.72 Å². The molecule has 1 aliphatic rings. The van der Waals surface area contributed by atoms with Crippen molar-refractivity contribution in [3.63, 3.8) is 0 Å². The molecule has 0 radical (unpaired) electrons. The van der Waals surface area contributed by atoms with E-state index in [1.807, 2.05) is 24.3 Å². The van der Waals surface area contributed by atoms with Crippen molar-refractivity contribution in [2.75, 3.05) is 6.54 Å². The summed E-state index contributed by atoms with van der Waals surface area (Å²) in [5, 5.41) is 10.7. The standard InChI is InChI=1S/C18H18F3NO3S/c19-18(20,21)15-6-3-7-16(10-15)26(24,25)22-12-17(23)9-8-13-4-1-2-5-14(13)11-17/h1-7,10,22-23H,8-9,11-12H2/t17-/m0/s1. The first-order valence-electron chi connectivity index (χ1n) is 8.05. The van der Waals surface area contributed by atoms with Crippen LogP contribution in [0.25, 0.3) is 0 Å². The van der Waals surface area contributed by atoms with E-state index in [4.69, 9.17) is 0 Å². The molecule has 0 aromatic heterocycles. The predicted octanol–water partition coefficient (Wildman–Crippen LogP) is 2.90. The molecule has 4 nitrogen and oxygen atoms in total. The molecule has 8 heteroatoms. The number of sulfonamides is 1. The van der Waals surface area contributed by atoms with E-state index in [1.54, 1.807) is 0 Å². The lowest BCUT2D eigenvalue weighted by atomic mass is 9.80. The number of hydrogen-bond donors (Lipinski definition) is 2. The smallest absolute Gasteiger partial charge is 0.388 e. The number of rotatable bonds is 4. The second-order valence-corrected chi connectivity index (χ2v) is 8.29. The lowest BCUT2D eigenvalue weighted by Crippen LogP contribution is -2.46. The van der Waals surface area contributed by atoms with Crippen LogP contribution in [-0.2, 0) is 29.0 Å². The summed E-state index contributed by atoms with van der Waals surface area (Å²) in [6.45, 7) is -0.264. The van der Waals surface area contributed by atoms with Gasteiger partial charge in [0.15, 0.2) is 0 Å². The topological polar surface area (TPSA) is 66.4 Å². The Kier molecular flexibility index (Phi) is 4.85. The number of fused-ring (bicyclic) bond motifs is 1. The van der Waals surface area contributed by atoms with Gasteiger partial charge in [-0.3, -0.25) is 0 Å². The fourth-order valence-electron chi connectivity index (χ4n) is 3.09. The van der Waals surface area contributed by atoms with Gasteiger partial charge in [0.2, 0.25) is 10.0 Å². The minimum absolute atomic E-state index is 0.264. The third-order valence-electron chi connectivity index (χ3n) is 4.56. The van der Waals surface area contributed by atoms with Crippen molar-refractivity contribution in [3.05, 3.63) is 65.2 Å². The SMILES string of the molecule is O=S(=O)(NC[C@]1(O)CCc2ccccc2C1)c1cccc(C(F)(F)F)c1. The van der Waals surface area contributed by atoms with Gasteiger partial charge >= 0.3 is 6.18 Å². The second-order valence-electron chi connectivity index (χ2n) is 6.52.